The number of imidazole rings is 1. The summed E-state index contributed by atoms with van der Waals surface area (Å²) in [5.41, 5.74) is 7.78. The zero-order valence-corrected chi connectivity index (χ0v) is 10.1. The van der Waals surface area contributed by atoms with Crippen LogP contribution in [0.2, 0.25) is 5.02 Å². The molecule has 0 amide bonds. The van der Waals surface area contributed by atoms with Gasteiger partial charge in [0.15, 0.2) is 0 Å². The molecule has 3 nitrogen and oxygen atoms in total. The Morgan fingerprint density at radius 2 is 2.12 bits per heavy atom. The highest BCUT2D eigenvalue weighted by atomic mass is 35.5. The van der Waals surface area contributed by atoms with Crippen molar-refractivity contribution in [3.05, 3.63) is 35.6 Å². The Kier molecular flexibility index (Phi) is 2.88. The number of hydrogen-bond acceptors (Lipinski definition) is 2. The average Bonchev–Trinajstić information content (AvgIpc) is 2.60. The van der Waals surface area contributed by atoms with Crippen molar-refractivity contribution in [1.29, 1.82) is 0 Å². The van der Waals surface area contributed by atoms with Crippen molar-refractivity contribution in [2.75, 3.05) is 5.73 Å². The first-order chi connectivity index (χ1) is 7.59. The first-order valence-corrected chi connectivity index (χ1v) is 5.55. The Bertz CT molecular complexity index is 503. The molecule has 1 aromatic carbocycles. The lowest BCUT2D eigenvalue weighted by Crippen LogP contribution is -2.04. The molecule has 2 N–H and O–H groups in total. The Balaban J connectivity index is 2.49. The van der Waals surface area contributed by atoms with Gasteiger partial charge in [0, 0.05) is 16.6 Å². The molecular formula is C12H14ClN3. The van der Waals surface area contributed by atoms with Gasteiger partial charge in [0.1, 0.15) is 11.5 Å². The van der Waals surface area contributed by atoms with Crippen LogP contribution in [-0.2, 0) is 0 Å². The molecule has 0 aliphatic heterocycles. The van der Waals surface area contributed by atoms with E-state index in [1.165, 1.54) is 0 Å². The first kappa shape index (κ1) is 11.0. The minimum absolute atomic E-state index is 0.306. The molecule has 1 aromatic heterocycles. The molecule has 0 fully saturated rings. The number of nitrogens with two attached hydrogens (primary N) is 1. The molecule has 1 heterocycles. The summed E-state index contributed by atoms with van der Waals surface area (Å²) >= 11 is 5.94. The van der Waals surface area contributed by atoms with Crippen LogP contribution in [0.25, 0.3) is 11.3 Å². The number of benzene rings is 1. The lowest BCUT2D eigenvalue weighted by atomic mass is 10.1. The second-order valence-electron chi connectivity index (χ2n) is 3.99. The number of nitrogens with zero attached hydrogens (tertiary/aromatic N) is 2. The Morgan fingerprint density at radius 1 is 1.38 bits per heavy atom. The number of anilines is 1. The summed E-state index contributed by atoms with van der Waals surface area (Å²) in [6.45, 7) is 4.14. The summed E-state index contributed by atoms with van der Waals surface area (Å²) in [6.07, 6.45) is 1.76. The highest BCUT2D eigenvalue weighted by Gasteiger charge is 2.11. The molecule has 0 aliphatic rings. The second kappa shape index (κ2) is 4.18. The summed E-state index contributed by atoms with van der Waals surface area (Å²) < 4.78 is 1.94. The molecule has 84 valence electrons. The first-order valence-electron chi connectivity index (χ1n) is 5.18. The van der Waals surface area contributed by atoms with Crippen molar-refractivity contribution in [3.63, 3.8) is 0 Å². The maximum Gasteiger partial charge on any atom is 0.131 e. The SMILES string of the molecule is CC(C)n1cnc(-c2cccc(Cl)c2)c1N. The average molecular weight is 236 g/mol. The lowest BCUT2D eigenvalue weighted by Gasteiger charge is -2.09. The van der Waals surface area contributed by atoms with E-state index in [0.717, 1.165) is 11.3 Å². The molecule has 2 aromatic rings. The molecule has 0 bridgehead atoms. The minimum atomic E-state index is 0.306. The van der Waals surface area contributed by atoms with Gasteiger partial charge in [-0.3, -0.25) is 0 Å². The van der Waals surface area contributed by atoms with Crippen LogP contribution in [0, 0.1) is 0 Å². The number of rotatable bonds is 2. The van der Waals surface area contributed by atoms with Crippen LogP contribution in [0.4, 0.5) is 5.82 Å². The second-order valence-corrected chi connectivity index (χ2v) is 4.43. The van der Waals surface area contributed by atoms with Crippen LogP contribution in [0.15, 0.2) is 30.6 Å². The molecular weight excluding hydrogens is 222 g/mol. The highest BCUT2D eigenvalue weighted by molar-refractivity contribution is 6.30. The van der Waals surface area contributed by atoms with Crippen molar-refractivity contribution in [3.8, 4) is 11.3 Å². The third-order valence-electron chi connectivity index (χ3n) is 2.49. The van der Waals surface area contributed by atoms with Gasteiger partial charge in [-0.15, -0.1) is 0 Å². The van der Waals surface area contributed by atoms with Crippen molar-refractivity contribution in [2.45, 2.75) is 19.9 Å². The number of nitrogen functional groups attached to an aromatic ring is 1. The fraction of sp³-hybridized carbons (Fsp3) is 0.250. The number of aromatic nitrogens is 2. The van der Waals surface area contributed by atoms with Gasteiger partial charge in [-0.05, 0) is 26.0 Å². The summed E-state index contributed by atoms with van der Waals surface area (Å²) in [5, 5.41) is 0.691. The normalized spacial score (nSPS) is 11.0. The van der Waals surface area contributed by atoms with E-state index in [9.17, 15) is 0 Å². The number of halogens is 1. The molecule has 0 atom stereocenters. The molecule has 2 rings (SSSR count). The summed E-state index contributed by atoms with van der Waals surface area (Å²) in [4.78, 5) is 4.33. The fourth-order valence-electron chi connectivity index (χ4n) is 1.64. The maximum absolute atomic E-state index is 6.04. The maximum atomic E-state index is 6.04. The number of hydrogen-bond donors (Lipinski definition) is 1. The van der Waals surface area contributed by atoms with E-state index >= 15 is 0 Å². The van der Waals surface area contributed by atoms with E-state index in [-0.39, 0.29) is 0 Å². The third-order valence-corrected chi connectivity index (χ3v) is 2.72. The van der Waals surface area contributed by atoms with Gasteiger partial charge in [-0.25, -0.2) is 4.98 Å². The Morgan fingerprint density at radius 3 is 2.69 bits per heavy atom. The molecule has 0 saturated carbocycles. The monoisotopic (exact) mass is 235 g/mol. The van der Waals surface area contributed by atoms with Gasteiger partial charge in [0.2, 0.25) is 0 Å². The largest absolute Gasteiger partial charge is 0.383 e. The van der Waals surface area contributed by atoms with Gasteiger partial charge >= 0.3 is 0 Å². The van der Waals surface area contributed by atoms with E-state index in [4.69, 9.17) is 17.3 Å². The molecule has 0 aliphatic carbocycles. The third kappa shape index (κ3) is 1.91. The van der Waals surface area contributed by atoms with Crippen LogP contribution in [-0.4, -0.2) is 9.55 Å². The van der Waals surface area contributed by atoms with Crippen molar-refractivity contribution >= 4 is 17.4 Å². The molecule has 0 unspecified atom stereocenters. The molecule has 0 spiro atoms. The predicted octanol–water partition coefficient (Wildman–Crippen LogP) is 3.37. The predicted molar refractivity (Wildman–Crippen MR) is 67.5 cm³/mol. The van der Waals surface area contributed by atoms with Crippen LogP contribution >= 0.6 is 11.6 Å². The minimum Gasteiger partial charge on any atom is -0.383 e. The highest BCUT2D eigenvalue weighted by Crippen LogP contribution is 2.27. The van der Waals surface area contributed by atoms with Gasteiger partial charge in [-0.2, -0.15) is 0 Å². The van der Waals surface area contributed by atoms with E-state index in [1.54, 1.807) is 6.33 Å². The molecule has 0 radical (unpaired) electrons. The van der Waals surface area contributed by atoms with Crippen molar-refractivity contribution in [2.24, 2.45) is 0 Å². The topological polar surface area (TPSA) is 43.8 Å². The summed E-state index contributed by atoms with van der Waals surface area (Å²) in [5.74, 6) is 0.678. The van der Waals surface area contributed by atoms with E-state index in [1.807, 2.05) is 28.8 Å². The zero-order valence-electron chi connectivity index (χ0n) is 9.31. The molecule has 0 saturated heterocycles. The van der Waals surface area contributed by atoms with Crippen LogP contribution in [0.3, 0.4) is 0 Å². The molecule has 4 heteroatoms. The fourth-order valence-corrected chi connectivity index (χ4v) is 1.83. The Hall–Kier alpha value is -1.48. The van der Waals surface area contributed by atoms with Crippen molar-refractivity contribution < 1.29 is 0 Å². The van der Waals surface area contributed by atoms with Gasteiger partial charge < -0.3 is 10.3 Å². The zero-order chi connectivity index (χ0) is 11.7. The van der Waals surface area contributed by atoms with Crippen LogP contribution in [0.5, 0.6) is 0 Å². The van der Waals surface area contributed by atoms with Gasteiger partial charge in [0.25, 0.3) is 0 Å². The standard InChI is InChI=1S/C12H14ClN3/c1-8(2)16-7-15-11(12(16)14)9-4-3-5-10(13)6-9/h3-8H,14H2,1-2H3. The molecule has 16 heavy (non-hydrogen) atoms. The summed E-state index contributed by atoms with van der Waals surface area (Å²) in [6, 6.07) is 7.85. The summed E-state index contributed by atoms with van der Waals surface area (Å²) in [7, 11) is 0. The van der Waals surface area contributed by atoms with E-state index in [2.05, 4.69) is 18.8 Å². The van der Waals surface area contributed by atoms with Gasteiger partial charge in [0.05, 0.1) is 6.33 Å². The van der Waals surface area contributed by atoms with Crippen LogP contribution in [0.1, 0.15) is 19.9 Å². The lowest BCUT2D eigenvalue weighted by molar-refractivity contribution is 0.607. The van der Waals surface area contributed by atoms with Crippen molar-refractivity contribution in [1.82, 2.24) is 9.55 Å². The quantitative estimate of drug-likeness (QED) is 0.868. The Labute approximate surface area is 99.9 Å². The van der Waals surface area contributed by atoms with Gasteiger partial charge in [-0.1, -0.05) is 23.7 Å². The smallest absolute Gasteiger partial charge is 0.131 e. The van der Waals surface area contributed by atoms with Crippen LogP contribution < -0.4 is 5.73 Å². The van der Waals surface area contributed by atoms with E-state index in [0.29, 0.717) is 16.9 Å². The van der Waals surface area contributed by atoms with E-state index < -0.39 is 0 Å².